The number of rotatable bonds is 12. The Morgan fingerprint density at radius 1 is 1.07 bits per heavy atom. The van der Waals surface area contributed by atoms with Crippen LogP contribution in [-0.4, -0.2) is 77.1 Å². The van der Waals surface area contributed by atoms with E-state index in [0.717, 1.165) is 6.42 Å². The summed E-state index contributed by atoms with van der Waals surface area (Å²) in [7, 11) is 0. The Morgan fingerprint density at radius 3 is 2.17 bits per heavy atom. The highest BCUT2D eigenvalue weighted by Crippen LogP contribution is 2.07. The third-order valence-corrected chi connectivity index (χ3v) is 4.74. The highest BCUT2D eigenvalue weighted by Gasteiger charge is 2.32. The van der Waals surface area contributed by atoms with Gasteiger partial charge in [-0.1, -0.05) is 13.8 Å². The van der Waals surface area contributed by atoms with E-state index < -0.39 is 66.3 Å². The van der Waals surface area contributed by atoms with Gasteiger partial charge in [0.1, 0.15) is 18.1 Å². The van der Waals surface area contributed by atoms with Crippen LogP contribution in [0.4, 0.5) is 0 Å². The first-order chi connectivity index (χ1) is 14.1. The molecule has 1 heterocycles. The van der Waals surface area contributed by atoms with Gasteiger partial charge < -0.3 is 37.2 Å². The summed E-state index contributed by atoms with van der Waals surface area (Å²) in [5.74, 6) is -4.49. The minimum atomic E-state index is -1.32. The van der Waals surface area contributed by atoms with Crippen LogP contribution in [0.1, 0.15) is 39.5 Å². The van der Waals surface area contributed by atoms with E-state index in [0.29, 0.717) is 13.0 Å². The van der Waals surface area contributed by atoms with Crippen LogP contribution in [0.25, 0.3) is 0 Å². The first-order valence-electron chi connectivity index (χ1n) is 9.83. The summed E-state index contributed by atoms with van der Waals surface area (Å²) in [5, 5.41) is 28.8. The fourth-order valence-corrected chi connectivity index (χ4v) is 2.97. The van der Waals surface area contributed by atoms with Gasteiger partial charge in [-0.2, -0.15) is 0 Å². The van der Waals surface area contributed by atoms with Crippen molar-refractivity contribution in [1.29, 1.82) is 0 Å². The van der Waals surface area contributed by atoms with Crippen molar-refractivity contribution in [3.63, 3.8) is 0 Å². The number of hydrogen-bond donors (Lipinski definition) is 7. The number of aliphatic hydroxyl groups is 1. The van der Waals surface area contributed by atoms with Gasteiger partial charge in [0, 0.05) is 6.42 Å². The Bertz CT molecular complexity index is 649. The number of amides is 4. The number of carboxylic acid groups (broad SMARTS) is 1. The van der Waals surface area contributed by atoms with E-state index in [1.54, 1.807) is 13.8 Å². The number of primary amides is 1. The third kappa shape index (κ3) is 7.95. The maximum absolute atomic E-state index is 12.6. The van der Waals surface area contributed by atoms with Crippen LogP contribution in [0.5, 0.6) is 0 Å². The summed E-state index contributed by atoms with van der Waals surface area (Å²) >= 11 is 0. The zero-order chi connectivity index (χ0) is 22.8. The molecule has 1 fully saturated rings. The summed E-state index contributed by atoms with van der Waals surface area (Å²) in [4.78, 5) is 59.7. The van der Waals surface area contributed by atoms with Gasteiger partial charge in [-0.25, -0.2) is 4.79 Å². The normalized spacial score (nSPS) is 18.9. The molecular formula is C18H31N5O7. The Morgan fingerprint density at radius 2 is 1.70 bits per heavy atom. The van der Waals surface area contributed by atoms with Crippen LogP contribution in [0.15, 0.2) is 0 Å². The molecule has 0 saturated carbocycles. The van der Waals surface area contributed by atoms with Gasteiger partial charge in [0.05, 0.1) is 12.6 Å². The molecule has 12 heteroatoms. The second kappa shape index (κ2) is 12.1. The maximum Gasteiger partial charge on any atom is 0.326 e. The minimum absolute atomic E-state index is 0.173. The van der Waals surface area contributed by atoms with E-state index in [4.69, 9.17) is 5.73 Å². The SMILES string of the molecule is CC(C)C(NC(=O)C(CCC(N)=O)NC(=O)C(CO)NC(=O)C1CCCN1)C(=O)O. The maximum atomic E-state index is 12.6. The Kier molecular flexibility index (Phi) is 10.2. The van der Waals surface area contributed by atoms with Crippen LogP contribution in [0.3, 0.4) is 0 Å². The van der Waals surface area contributed by atoms with Crippen molar-refractivity contribution < 1.29 is 34.2 Å². The summed E-state index contributed by atoms with van der Waals surface area (Å²) < 4.78 is 0. The summed E-state index contributed by atoms with van der Waals surface area (Å²) in [6.45, 7) is 3.16. The molecule has 0 aliphatic carbocycles. The lowest BCUT2D eigenvalue weighted by Gasteiger charge is -2.25. The molecule has 1 saturated heterocycles. The fourth-order valence-electron chi connectivity index (χ4n) is 2.97. The molecule has 0 aromatic heterocycles. The van der Waals surface area contributed by atoms with E-state index in [1.165, 1.54) is 0 Å². The highest BCUT2D eigenvalue weighted by molar-refractivity contribution is 5.94. The number of aliphatic hydroxyl groups excluding tert-OH is 1. The average molecular weight is 429 g/mol. The number of carbonyl (C=O) groups is 5. The fraction of sp³-hybridized carbons (Fsp3) is 0.722. The molecule has 1 aliphatic rings. The number of carboxylic acids is 1. The third-order valence-electron chi connectivity index (χ3n) is 4.74. The number of hydrogen-bond acceptors (Lipinski definition) is 7. The predicted octanol–water partition coefficient (Wildman–Crippen LogP) is -2.81. The van der Waals surface area contributed by atoms with Gasteiger partial charge in [0.15, 0.2) is 0 Å². The number of nitrogens with two attached hydrogens (primary N) is 1. The second-order valence-corrected chi connectivity index (χ2v) is 7.53. The molecule has 12 nitrogen and oxygen atoms in total. The van der Waals surface area contributed by atoms with Crippen molar-refractivity contribution in [3.05, 3.63) is 0 Å². The highest BCUT2D eigenvalue weighted by atomic mass is 16.4. The Labute approximate surface area is 174 Å². The zero-order valence-electron chi connectivity index (χ0n) is 17.1. The molecule has 8 N–H and O–H groups in total. The lowest BCUT2D eigenvalue weighted by Crippen LogP contribution is -2.58. The van der Waals surface area contributed by atoms with Crippen molar-refractivity contribution >= 4 is 29.6 Å². The van der Waals surface area contributed by atoms with Crippen LogP contribution >= 0.6 is 0 Å². The number of aliphatic carboxylic acids is 1. The molecule has 4 unspecified atom stereocenters. The van der Waals surface area contributed by atoms with Gasteiger partial charge in [0.25, 0.3) is 0 Å². The molecule has 1 rings (SSSR count). The van der Waals surface area contributed by atoms with Crippen molar-refractivity contribution in [2.75, 3.05) is 13.2 Å². The first-order valence-corrected chi connectivity index (χ1v) is 9.83. The molecule has 4 atom stereocenters. The van der Waals surface area contributed by atoms with Crippen LogP contribution in [-0.2, 0) is 24.0 Å². The molecule has 0 radical (unpaired) electrons. The predicted molar refractivity (Wildman–Crippen MR) is 105 cm³/mol. The van der Waals surface area contributed by atoms with E-state index >= 15 is 0 Å². The van der Waals surface area contributed by atoms with Crippen molar-refractivity contribution in [3.8, 4) is 0 Å². The average Bonchev–Trinajstić information content (AvgIpc) is 3.20. The zero-order valence-corrected chi connectivity index (χ0v) is 17.1. The molecule has 1 aliphatic heterocycles. The summed E-state index contributed by atoms with van der Waals surface area (Å²) in [6.07, 6.45) is 0.999. The topological polar surface area (TPSA) is 200 Å². The van der Waals surface area contributed by atoms with Gasteiger partial charge in [-0.3, -0.25) is 19.2 Å². The summed E-state index contributed by atoms with van der Waals surface area (Å²) in [6, 6.07) is -4.26. The van der Waals surface area contributed by atoms with Crippen molar-refractivity contribution in [2.24, 2.45) is 11.7 Å². The lowest BCUT2D eigenvalue weighted by molar-refractivity contribution is -0.143. The molecular weight excluding hydrogens is 398 g/mol. The van der Waals surface area contributed by atoms with Crippen molar-refractivity contribution in [2.45, 2.75) is 63.7 Å². The lowest BCUT2D eigenvalue weighted by atomic mass is 10.0. The molecule has 0 bridgehead atoms. The quantitative estimate of drug-likeness (QED) is 0.172. The van der Waals surface area contributed by atoms with Gasteiger partial charge >= 0.3 is 5.97 Å². The standard InChI is InChI=1S/C18H31N5O7/c1-9(2)14(18(29)30)23-16(27)11(5-6-13(19)25)21-17(28)12(8-24)22-15(26)10-4-3-7-20-10/h9-12,14,20,24H,3-8H2,1-2H3,(H2,19,25)(H,21,28)(H,22,26)(H,23,27)(H,29,30). The molecule has 0 spiro atoms. The number of nitrogens with one attached hydrogen (secondary N) is 4. The monoisotopic (exact) mass is 429 g/mol. The Hall–Kier alpha value is -2.73. The van der Waals surface area contributed by atoms with Crippen LogP contribution in [0, 0.1) is 5.92 Å². The van der Waals surface area contributed by atoms with Crippen molar-refractivity contribution in [1.82, 2.24) is 21.3 Å². The number of carbonyl (C=O) groups excluding carboxylic acids is 4. The molecule has 30 heavy (non-hydrogen) atoms. The summed E-state index contributed by atoms with van der Waals surface area (Å²) in [5.41, 5.74) is 5.11. The molecule has 170 valence electrons. The van der Waals surface area contributed by atoms with Gasteiger partial charge in [-0.15, -0.1) is 0 Å². The first kappa shape index (κ1) is 25.3. The van der Waals surface area contributed by atoms with Gasteiger partial charge in [-0.05, 0) is 31.7 Å². The van der Waals surface area contributed by atoms with Gasteiger partial charge in [0.2, 0.25) is 23.6 Å². The second-order valence-electron chi connectivity index (χ2n) is 7.53. The smallest absolute Gasteiger partial charge is 0.326 e. The molecule has 4 amide bonds. The van der Waals surface area contributed by atoms with Crippen LogP contribution in [0.2, 0.25) is 0 Å². The van der Waals surface area contributed by atoms with E-state index in [9.17, 15) is 34.2 Å². The minimum Gasteiger partial charge on any atom is -0.480 e. The van der Waals surface area contributed by atoms with E-state index in [2.05, 4.69) is 21.3 Å². The van der Waals surface area contributed by atoms with E-state index in [-0.39, 0.29) is 12.8 Å². The van der Waals surface area contributed by atoms with Crippen LogP contribution < -0.4 is 27.0 Å². The molecule has 0 aromatic rings. The van der Waals surface area contributed by atoms with E-state index in [1.807, 2.05) is 0 Å². The molecule has 0 aromatic carbocycles. The largest absolute Gasteiger partial charge is 0.480 e. The Balaban J connectivity index is 2.83.